The number of carbonyl (C=O) groups excluding carboxylic acids is 1. The Kier molecular flexibility index (Phi) is 6.32. The van der Waals surface area contributed by atoms with Crippen LogP contribution in [0.4, 0.5) is 0 Å². The average molecular weight is 437 g/mol. The van der Waals surface area contributed by atoms with Gasteiger partial charge >= 0.3 is 0 Å². The van der Waals surface area contributed by atoms with Crippen molar-refractivity contribution >= 4 is 44.0 Å². The summed E-state index contributed by atoms with van der Waals surface area (Å²) < 4.78 is 7.06. The Morgan fingerprint density at radius 3 is 2.65 bits per heavy atom. The number of hydrogen-bond acceptors (Lipinski definition) is 4. The fraction of sp³-hybridized carbons (Fsp3) is 0.0625. The number of carbonyl (C=O) groups is 1. The highest BCUT2D eigenvalue weighted by atomic mass is 79.9. The zero-order chi connectivity index (χ0) is 16.7. The zero-order valence-electron chi connectivity index (χ0n) is 11.8. The predicted molar refractivity (Wildman–Crippen MR) is 94.2 cm³/mol. The van der Waals surface area contributed by atoms with Crippen LogP contribution in [0.25, 0.3) is 0 Å². The first kappa shape index (κ1) is 17.2. The Balaban J connectivity index is 1.82. The first-order chi connectivity index (χ1) is 11.1. The minimum absolute atomic E-state index is 0.148. The monoisotopic (exact) mass is 435 g/mol. The molecule has 0 radical (unpaired) electrons. The van der Waals surface area contributed by atoms with Crippen molar-refractivity contribution in [2.45, 2.75) is 0 Å². The van der Waals surface area contributed by atoms with E-state index in [2.05, 4.69) is 42.4 Å². The summed E-state index contributed by atoms with van der Waals surface area (Å²) in [5.41, 5.74) is 3.72. The van der Waals surface area contributed by atoms with Crippen molar-refractivity contribution in [2.75, 3.05) is 6.61 Å². The summed E-state index contributed by atoms with van der Waals surface area (Å²) in [5.74, 6) is 0.198. The Bertz CT molecular complexity index is 768. The van der Waals surface area contributed by atoms with E-state index >= 15 is 0 Å². The maximum atomic E-state index is 11.7. The van der Waals surface area contributed by atoms with E-state index in [1.165, 1.54) is 6.21 Å². The minimum atomic E-state index is -0.371. The van der Waals surface area contributed by atoms with E-state index in [0.29, 0.717) is 11.3 Å². The molecular formula is C16H11Br2N3O2. The molecule has 23 heavy (non-hydrogen) atoms. The minimum Gasteiger partial charge on any atom is -0.483 e. The molecule has 0 bridgehead atoms. The second-order valence-corrected chi connectivity index (χ2v) is 6.16. The van der Waals surface area contributed by atoms with Crippen LogP contribution in [0, 0.1) is 11.3 Å². The van der Waals surface area contributed by atoms with Gasteiger partial charge in [-0.3, -0.25) is 4.79 Å². The van der Waals surface area contributed by atoms with Crippen molar-refractivity contribution in [1.82, 2.24) is 5.43 Å². The molecule has 0 aliphatic rings. The van der Waals surface area contributed by atoms with Gasteiger partial charge < -0.3 is 4.74 Å². The SMILES string of the molecule is N#Cc1ccc(/C=N/NC(=O)COc2ccc(Br)cc2Br)cc1. The Morgan fingerprint density at radius 2 is 2.00 bits per heavy atom. The van der Waals surface area contributed by atoms with Gasteiger partial charge in [-0.2, -0.15) is 10.4 Å². The molecule has 2 aromatic rings. The third kappa shape index (κ3) is 5.51. The summed E-state index contributed by atoms with van der Waals surface area (Å²) in [5, 5.41) is 12.5. The summed E-state index contributed by atoms with van der Waals surface area (Å²) in [4.78, 5) is 11.7. The van der Waals surface area contributed by atoms with Crippen molar-refractivity contribution in [3.8, 4) is 11.8 Å². The Morgan fingerprint density at radius 1 is 1.26 bits per heavy atom. The molecule has 0 fully saturated rings. The first-order valence-corrected chi connectivity index (χ1v) is 8.07. The van der Waals surface area contributed by atoms with Gasteiger partial charge in [-0.25, -0.2) is 5.43 Å². The van der Waals surface area contributed by atoms with E-state index in [-0.39, 0.29) is 12.5 Å². The number of hydrazone groups is 1. The van der Waals surface area contributed by atoms with Gasteiger partial charge in [0.05, 0.1) is 22.3 Å². The molecule has 0 aliphatic carbocycles. The van der Waals surface area contributed by atoms with Crippen LogP contribution in [0.5, 0.6) is 5.75 Å². The van der Waals surface area contributed by atoms with Crippen LogP contribution in [-0.2, 0) is 4.79 Å². The lowest BCUT2D eigenvalue weighted by molar-refractivity contribution is -0.123. The highest BCUT2D eigenvalue weighted by molar-refractivity contribution is 9.11. The third-order valence-corrected chi connectivity index (χ3v) is 3.81. The van der Waals surface area contributed by atoms with Gasteiger partial charge in [-0.05, 0) is 51.8 Å². The van der Waals surface area contributed by atoms with E-state index in [4.69, 9.17) is 10.00 Å². The number of nitrogens with one attached hydrogen (secondary N) is 1. The Labute approximate surface area is 150 Å². The van der Waals surface area contributed by atoms with Gasteiger partial charge in [-0.15, -0.1) is 0 Å². The first-order valence-electron chi connectivity index (χ1n) is 6.48. The fourth-order valence-corrected chi connectivity index (χ4v) is 2.75. The van der Waals surface area contributed by atoms with Crippen LogP contribution in [0.15, 0.2) is 56.5 Å². The molecule has 0 saturated heterocycles. The van der Waals surface area contributed by atoms with Crippen molar-refractivity contribution in [3.63, 3.8) is 0 Å². The van der Waals surface area contributed by atoms with Gasteiger partial charge in [0, 0.05) is 4.47 Å². The normalized spacial score (nSPS) is 10.3. The number of nitrogens with zero attached hydrogens (tertiary/aromatic N) is 2. The Hall–Kier alpha value is -2.17. The summed E-state index contributed by atoms with van der Waals surface area (Å²) in [6.45, 7) is -0.148. The number of halogens is 2. The van der Waals surface area contributed by atoms with Gasteiger partial charge in [0.2, 0.25) is 0 Å². The van der Waals surface area contributed by atoms with Gasteiger partial charge in [0.15, 0.2) is 6.61 Å². The molecule has 0 heterocycles. The molecule has 0 unspecified atom stereocenters. The zero-order valence-corrected chi connectivity index (χ0v) is 15.0. The molecule has 0 saturated carbocycles. The molecule has 2 rings (SSSR count). The van der Waals surface area contributed by atoms with E-state index in [9.17, 15) is 4.79 Å². The van der Waals surface area contributed by atoms with Crippen LogP contribution in [0.1, 0.15) is 11.1 Å². The molecule has 1 N–H and O–H groups in total. The van der Waals surface area contributed by atoms with E-state index < -0.39 is 0 Å². The molecule has 1 amide bonds. The van der Waals surface area contributed by atoms with Crippen molar-refractivity contribution in [3.05, 3.63) is 62.5 Å². The van der Waals surface area contributed by atoms with Crippen molar-refractivity contribution < 1.29 is 9.53 Å². The molecule has 7 heteroatoms. The summed E-state index contributed by atoms with van der Waals surface area (Å²) in [6.07, 6.45) is 1.49. The quantitative estimate of drug-likeness (QED) is 0.574. The summed E-state index contributed by atoms with van der Waals surface area (Å²) in [6, 6.07) is 14.3. The highest BCUT2D eigenvalue weighted by Gasteiger charge is 2.05. The van der Waals surface area contributed by atoms with Gasteiger partial charge in [-0.1, -0.05) is 28.1 Å². The number of benzene rings is 2. The summed E-state index contributed by atoms with van der Waals surface area (Å²) >= 11 is 6.69. The average Bonchev–Trinajstić information content (AvgIpc) is 2.54. The number of amides is 1. The van der Waals surface area contributed by atoms with Crippen molar-refractivity contribution in [1.29, 1.82) is 5.26 Å². The topological polar surface area (TPSA) is 74.5 Å². The standard InChI is InChI=1S/C16H11Br2N3O2/c17-13-5-6-15(14(18)7-13)23-10-16(22)21-20-9-12-3-1-11(8-19)2-4-12/h1-7,9H,10H2,(H,21,22)/b20-9+. The largest absolute Gasteiger partial charge is 0.483 e. The second-order valence-electron chi connectivity index (χ2n) is 4.39. The second kappa shape index (κ2) is 8.46. The number of ether oxygens (including phenoxy) is 1. The maximum Gasteiger partial charge on any atom is 0.277 e. The molecule has 0 spiro atoms. The summed E-state index contributed by atoms with van der Waals surface area (Å²) in [7, 11) is 0. The number of hydrogen-bond donors (Lipinski definition) is 1. The van der Waals surface area contributed by atoms with Crippen LogP contribution < -0.4 is 10.2 Å². The van der Waals surface area contributed by atoms with Crippen molar-refractivity contribution in [2.24, 2.45) is 5.10 Å². The lowest BCUT2D eigenvalue weighted by atomic mass is 10.2. The predicted octanol–water partition coefficient (Wildman–Crippen LogP) is 3.61. The van der Waals surface area contributed by atoms with Gasteiger partial charge in [0.1, 0.15) is 5.75 Å². The maximum absolute atomic E-state index is 11.7. The lowest BCUT2D eigenvalue weighted by Crippen LogP contribution is -2.24. The molecule has 116 valence electrons. The molecule has 5 nitrogen and oxygen atoms in total. The molecule has 2 aromatic carbocycles. The van der Waals surface area contributed by atoms with E-state index in [0.717, 1.165) is 14.5 Å². The van der Waals surface area contributed by atoms with E-state index in [1.807, 2.05) is 18.2 Å². The smallest absolute Gasteiger partial charge is 0.277 e. The van der Waals surface area contributed by atoms with Crippen LogP contribution in [0.3, 0.4) is 0 Å². The highest BCUT2D eigenvalue weighted by Crippen LogP contribution is 2.27. The van der Waals surface area contributed by atoms with Crippen LogP contribution >= 0.6 is 31.9 Å². The third-order valence-electron chi connectivity index (χ3n) is 2.70. The molecule has 0 aromatic heterocycles. The fourth-order valence-electron chi connectivity index (χ4n) is 1.59. The number of rotatable bonds is 5. The molecule has 0 aliphatic heterocycles. The molecule has 0 atom stereocenters. The molecular weight excluding hydrogens is 426 g/mol. The van der Waals surface area contributed by atoms with Crippen LogP contribution in [-0.4, -0.2) is 18.7 Å². The number of nitriles is 1. The lowest BCUT2D eigenvalue weighted by Gasteiger charge is -2.07. The van der Waals surface area contributed by atoms with Crippen LogP contribution in [0.2, 0.25) is 0 Å². The van der Waals surface area contributed by atoms with E-state index in [1.54, 1.807) is 30.3 Å². The van der Waals surface area contributed by atoms with Gasteiger partial charge in [0.25, 0.3) is 5.91 Å².